The van der Waals surface area contributed by atoms with Gasteiger partial charge in [0.2, 0.25) is 0 Å². The fourth-order valence-electron chi connectivity index (χ4n) is 1.05. The van der Waals surface area contributed by atoms with Crippen LogP contribution in [0.2, 0.25) is 0 Å². The minimum atomic E-state index is -2.98. The zero-order valence-electron chi connectivity index (χ0n) is 8.07. The van der Waals surface area contributed by atoms with Crippen molar-refractivity contribution in [3.05, 3.63) is 17.2 Å². The molecule has 14 heavy (non-hydrogen) atoms. The number of aldehydes is 1. The number of rotatable bonds is 4. The topological polar surface area (TPSA) is 79.9 Å². The number of aromatic nitrogens is 2. The van der Waals surface area contributed by atoms with Crippen LogP contribution in [0, 0.1) is 6.92 Å². The molecule has 1 rings (SSSR count). The van der Waals surface area contributed by atoms with Gasteiger partial charge in [-0.1, -0.05) is 0 Å². The molecule has 0 unspecified atom stereocenters. The average molecular weight is 216 g/mol. The van der Waals surface area contributed by atoms with Gasteiger partial charge in [-0.25, -0.2) is 13.4 Å². The van der Waals surface area contributed by atoms with E-state index in [9.17, 15) is 13.2 Å². The van der Waals surface area contributed by atoms with Crippen molar-refractivity contribution in [2.24, 2.45) is 0 Å². The Morgan fingerprint density at radius 1 is 1.50 bits per heavy atom. The Bertz CT molecular complexity index is 433. The summed E-state index contributed by atoms with van der Waals surface area (Å²) in [6.45, 7) is 1.72. The predicted molar refractivity (Wildman–Crippen MR) is 52.1 cm³/mol. The third-order valence-electron chi connectivity index (χ3n) is 1.79. The van der Waals surface area contributed by atoms with Crippen molar-refractivity contribution in [3.8, 4) is 0 Å². The van der Waals surface area contributed by atoms with E-state index in [0.717, 1.165) is 0 Å². The Labute approximate surface area is 82.5 Å². The number of aromatic amines is 1. The molecule has 0 aliphatic heterocycles. The van der Waals surface area contributed by atoms with Crippen LogP contribution in [0.25, 0.3) is 0 Å². The number of hydrogen-bond donors (Lipinski definition) is 1. The highest BCUT2D eigenvalue weighted by molar-refractivity contribution is 7.90. The summed E-state index contributed by atoms with van der Waals surface area (Å²) >= 11 is 0. The van der Waals surface area contributed by atoms with E-state index in [4.69, 9.17) is 0 Å². The molecule has 0 aliphatic rings. The highest BCUT2D eigenvalue weighted by Crippen LogP contribution is 2.03. The highest BCUT2D eigenvalue weighted by Gasteiger charge is 2.08. The van der Waals surface area contributed by atoms with Crippen molar-refractivity contribution < 1.29 is 13.2 Å². The highest BCUT2D eigenvalue weighted by atomic mass is 32.2. The van der Waals surface area contributed by atoms with Gasteiger partial charge in [0.05, 0.1) is 5.75 Å². The van der Waals surface area contributed by atoms with Crippen molar-refractivity contribution >= 4 is 16.1 Å². The molecular formula is C8H12N2O3S. The van der Waals surface area contributed by atoms with Crippen molar-refractivity contribution in [1.29, 1.82) is 0 Å². The Balaban J connectivity index is 2.74. The maximum absolute atomic E-state index is 10.9. The number of nitrogens with one attached hydrogen (secondary N) is 1. The second kappa shape index (κ2) is 3.91. The molecule has 6 heteroatoms. The van der Waals surface area contributed by atoms with Crippen LogP contribution < -0.4 is 0 Å². The first-order valence-corrected chi connectivity index (χ1v) is 6.17. The summed E-state index contributed by atoms with van der Waals surface area (Å²) in [5.41, 5.74) is 1.01. The number of hydrogen-bond acceptors (Lipinski definition) is 4. The van der Waals surface area contributed by atoms with E-state index in [-0.39, 0.29) is 5.75 Å². The molecule has 0 bridgehead atoms. The van der Waals surface area contributed by atoms with Gasteiger partial charge in [0.25, 0.3) is 0 Å². The van der Waals surface area contributed by atoms with Gasteiger partial charge < -0.3 is 4.98 Å². The first-order valence-electron chi connectivity index (χ1n) is 4.11. The van der Waals surface area contributed by atoms with Crippen LogP contribution >= 0.6 is 0 Å². The first kappa shape index (κ1) is 10.9. The monoisotopic (exact) mass is 216 g/mol. The number of nitrogens with zero attached hydrogens (tertiary/aromatic N) is 1. The lowest BCUT2D eigenvalue weighted by molar-refractivity contribution is 0.111. The first-order chi connectivity index (χ1) is 6.42. The van der Waals surface area contributed by atoms with Crippen molar-refractivity contribution in [2.45, 2.75) is 13.3 Å². The minimum Gasteiger partial charge on any atom is -0.345 e. The SMILES string of the molecule is Cc1[nH]c(CCS(C)(=O)=O)nc1C=O. The van der Waals surface area contributed by atoms with Gasteiger partial charge in [0.1, 0.15) is 21.4 Å². The number of carbonyl (C=O) groups is 1. The normalized spacial score (nSPS) is 11.6. The van der Waals surface area contributed by atoms with E-state index >= 15 is 0 Å². The number of imidazole rings is 1. The number of H-pyrrole nitrogens is 1. The molecule has 0 saturated heterocycles. The lowest BCUT2D eigenvalue weighted by Crippen LogP contribution is -2.06. The lowest BCUT2D eigenvalue weighted by atomic mass is 10.4. The molecule has 0 fully saturated rings. The van der Waals surface area contributed by atoms with Gasteiger partial charge in [-0.2, -0.15) is 0 Å². The summed E-state index contributed by atoms with van der Waals surface area (Å²) in [5, 5.41) is 0. The molecular weight excluding hydrogens is 204 g/mol. The van der Waals surface area contributed by atoms with Crippen LogP contribution in [0.1, 0.15) is 22.0 Å². The molecule has 0 radical (unpaired) electrons. The molecule has 1 N–H and O–H groups in total. The van der Waals surface area contributed by atoms with Gasteiger partial charge in [-0.15, -0.1) is 0 Å². The van der Waals surface area contributed by atoms with Crippen LogP contribution in [0.5, 0.6) is 0 Å². The van der Waals surface area contributed by atoms with Gasteiger partial charge in [-0.05, 0) is 6.92 Å². The van der Waals surface area contributed by atoms with Gasteiger partial charge in [0.15, 0.2) is 6.29 Å². The molecule has 1 aromatic heterocycles. The van der Waals surface area contributed by atoms with E-state index in [1.54, 1.807) is 6.92 Å². The standard InChI is InChI=1S/C8H12N2O3S/c1-6-7(5-11)10-8(9-6)3-4-14(2,12)13/h5H,3-4H2,1-2H3,(H,9,10). The molecule has 0 spiro atoms. The van der Waals surface area contributed by atoms with Crippen LogP contribution in [0.3, 0.4) is 0 Å². The average Bonchev–Trinajstić information content (AvgIpc) is 2.42. The second-order valence-corrected chi connectivity index (χ2v) is 5.45. The zero-order valence-corrected chi connectivity index (χ0v) is 8.89. The molecule has 78 valence electrons. The van der Waals surface area contributed by atoms with Crippen LogP contribution in [0.15, 0.2) is 0 Å². The third-order valence-corrected chi connectivity index (χ3v) is 2.74. The van der Waals surface area contributed by atoms with Crippen LogP contribution in [0.4, 0.5) is 0 Å². The Hall–Kier alpha value is -1.17. The predicted octanol–water partition coefficient (Wildman–Crippen LogP) is 0.118. The van der Waals surface area contributed by atoms with Gasteiger partial charge >= 0.3 is 0 Å². The number of sulfone groups is 1. The summed E-state index contributed by atoms with van der Waals surface area (Å²) in [4.78, 5) is 17.2. The number of carbonyl (C=O) groups excluding carboxylic acids is 1. The second-order valence-electron chi connectivity index (χ2n) is 3.19. The summed E-state index contributed by atoms with van der Waals surface area (Å²) in [6, 6.07) is 0. The third kappa shape index (κ3) is 2.95. The maximum atomic E-state index is 10.9. The van der Waals surface area contributed by atoms with Crippen molar-refractivity contribution in [2.75, 3.05) is 12.0 Å². The molecule has 0 amide bonds. The van der Waals surface area contributed by atoms with E-state index in [2.05, 4.69) is 9.97 Å². The fraction of sp³-hybridized carbons (Fsp3) is 0.500. The van der Waals surface area contributed by atoms with E-state index in [1.807, 2.05) is 0 Å². The smallest absolute Gasteiger partial charge is 0.170 e. The van der Waals surface area contributed by atoms with Crippen LogP contribution in [-0.4, -0.2) is 36.7 Å². The minimum absolute atomic E-state index is 0.0399. The summed E-state index contributed by atoms with van der Waals surface area (Å²) in [5.74, 6) is 0.577. The molecule has 1 heterocycles. The van der Waals surface area contributed by atoms with Crippen LogP contribution in [-0.2, 0) is 16.3 Å². The Morgan fingerprint density at radius 2 is 2.14 bits per heavy atom. The quantitative estimate of drug-likeness (QED) is 0.725. The van der Waals surface area contributed by atoms with Crippen molar-refractivity contribution in [3.63, 3.8) is 0 Å². The summed E-state index contributed by atoms with van der Waals surface area (Å²) in [7, 11) is -2.98. The van der Waals surface area contributed by atoms with Gasteiger partial charge in [0, 0.05) is 18.4 Å². The molecule has 0 aromatic carbocycles. The Morgan fingerprint density at radius 3 is 2.57 bits per heavy atom. The molecule has 0 saturated carbocycles. The van der Waals surface area contributed by atoms with E-state index in [0.29, 0.717) is 29.9 Å². The van der Waals surface area contributed by atoms with E-state index in [1.165, 1.54) is 6.26 Å². The zero-order chi connectivity index (χ0) is 10.8. The largest absolute Gasteiger partial charge is 0.345 e. The summed E-state index contributed by atoms with van der Waals surface area (Å²) < 4.78 is 21.7. The van der Waals surface area contributed by atoms with Gasteiger partial charge in [-0.3, -0.25) is 4.79 Å². The molecule has 5 nitrogen and oxygen atoms in total. The molecule has 1 aromatic rings. The summed E-state index contributed by atoms with van der Waals surface area (Å²) in [6.07, 6.45) is 2.13. The molecule has 0 aliphatic carbocycles. The number of aryl methyl sites for hydroxylation is 2. The molecule has 0 atom stereocenters. The van der Waals surface area contributed by atoms with Crippen molar-refractivity contribution in [1.82, 2.24) is 9.97 Å². The Kier molecular flexibility index (Phi) is 3.05. The van der Waals surface area contributed by atoms with E-state index < -0.39 is 9.84 Å². The maximum Gasteiger partial charge on any atom is 0.170 e. The fourth-order valence-corrected chi connectivity index (χ4v) is 1.62. The lowest BCUT2D eigenvalue weighted by Gasteiger charge is -1.94.